The number of amides is 1. The molecule has 28 heavy (non-hydrogen) atoms. The summed E-state index contributed by atoms with van der Waals surface area (Å²) in [6.07, 6.45) is 6.87. The van der Waals surface area contributed by atoms with Gasteiger partial charge >= 0.3 is 0 Å². The Morgan fingerprint density at radius 2 is 1.50 bits per heavy atom. The van der Waals surface area contributed by atoms with Crippen LogP contribution >= 0.6 is 0 Å². The molecule has 3 aliphatic heterocycles. The van der Waals surface area contributed by atoms with E-state index in [-0.39, 0.29) is 11.3 Å². The SMILES string of the molecule is NC(=O)C1(CC2CC2)CCN(C2CCN(S(=O)(=O)N3CCOCC3)CC2)CC1. The van der Waals surface area contributed by atoms with E-state index in [9.17, 15) is 13.2 Å². The molecule has 0 atom stereocenters. The fraction of sp³-hybridized carbons (Fsp3) is 0.947. The molecule has 0 aromatic rings. The smallest absolute Gasteiger partial charge is 0.282 e. The first kappa shape index (κ1) is 20.5. The normalized spacial score (nSPS) is 29.0. The molecule has 1 aliphatic carbocycles. The number of carbonyl (C=O) groups excluding carboxylic acids is 1. The van der Waals surface area contributed by atoms with Crippen molar-refractivity contribution >= 4 is 16.1 Å². The van der Waals surface area contributed by atoms with Crippen LogP contribution in [0.1, 0.15) is 44.9 Å². The summed E-state index contributed by atoms with van der Waals surface area (Å²) >= 11 is 0. The third kappa shape index (κ3) is 4.23. The first-order chi connectivity index (χ1) is 13.4. The van der Waals surface area contributed by atoms with Gasteiger partial charge < -0.3 is 15.4 Å². The molecule has 0 radical (unpaired) electrons. The zero-order valence-corrected chi connectivity index (χ0v) is 17.5. The molecule has 9 heteroatoms. The van der Waals surface area contributed by atoms with Gasteiger partial charge in [0.15, 0.2) is 0 Å². The summed E-state index contributed by atoms with van der Waals surface area (Å²) in [6.45, 7) is 4.80. The van der Waals surface area contributed by atoms with Crippen LogP contribution in [0.5, 0.6) is 0 Å². The quantitative estimate of drug-likeness (QED) is 0.679. The molecule has 1 saturated carbocycles. The molecule has 0 bridgehead atoms. The zero-order chi connectivity index (χ0) is 19.8. The van der Waals surface area contributed by atoms with Gasteiger partial charge in [0.1, 0.15) is 0 Å². The van der Waals surface area contributed by atoms with E-state index in [0.717, 1.165) is 45.2 Å². The van der Waals surface area contributed by atoms with Crippen LogP contribution in [0.4, 0.5) is 0 Å². The van der Waals surface area contributed by atoms with Crippen molar-refractivity contribution in [2.75, 3.05) is 52.5 Å². The number of ether oxygens (including phenoxy) is 1. The summed E-state index contributed by atoms with van der Waals surface area (Å²) in [7, 11) is -3.37. The van der Waals surface area contributed by atoms with Gasteiger partial charge in [-0.3, -0.25) is 4.79 Å². The Kier molecular flexibility index (Phi) is 6.00. The molecule has 3 saturated heterocycles. The van der Waals surface area contributed by atoms with Gasteiger partial charge in [-0.05, 0) is 51.1 Å². The minimum absolute atomic E-state index is 0.120. The lowest BCUT2D eigenvalue weighted by molar-refractivity contribution is -0.132. The maximum absolute atomic E-state index is 12.8. The summed E-state index contributed by atoms with van der Waals surface area (Å²) in [5.41, 5.74) is 5.49. The van der Waals surface area contributed by atoms with Crippen molar-refractivity contribution in [2.45, 2.75) is 51.0 Å². The van der Waals surface area contributed by atoms with E-state index in [1.807, 2.05) is 0 Å². The largest absolute Gasteiger partial charge is 0.379 e. The topological polar surface area (TPSA) is 96.2 Å². The van der Waals surface area contributed by atoms with Gasteiger partial charge in [-0.1, -0.05) is 12.8 Å². The number of nitrogens with zero attached hydrogens (tertiary/aromatic N) is 3. The number of carbonyl (C=O) groups is 1. The Morgan fingerprint density at radius 3 is 2.04 bits per heavy atom. The molecule has 4 rings (SSSR count). The second-order valence-corrected chi connectivity index (χ2v) is 10.9. The third-order valence-electron chi connectivity index (χ3n) is 7.22. The molecule has 0 aromatic carbocycles. The highest BCUT2D eigenvalue weighted by Gasteiger charge is 2.45. The number of rotatable bonds is 6. The number of likely N-dealkylation sites (tertiary alicyclic amines) is 1. The summed E-state index contributed by atoms with van der Waals surface area (Å²) in [4.78, 5) is 14.6. The molecule has 4 fully saturated rings. The summed E-state index contributed by atoms with van der Waals surface area (Å²) < 4.78 is 34.1. The van der Waals surface area contributed by atoms with Crippen LogP contribution in [0.3, 0.4) is 0 Å². The van der Waals surface area contributed by atoms with Crippen molar-refractivity contribution < 1.29 is 17.9 Å². The monoisotopic (exact) mass is 414 g/mol. The van der Waals surface area contributed by atoms with Crippen LogP contribution in [-0.4, -0.2) is 86.4 Å². The van der Waals surface area contributed by atoms with Crippen LogP contribution in [0.25, 0.3) is 0 Å². The molecule has 4 aliphatic rings. The van der Waals surface area contributed by atoms with Gasteiger partial charge in [0.2, 0.25) is 5.91 Å². The molecule has 0 unspecified atom stereocenters. The van der Waals surface area contributed by atoms with Gasteiger partial charge in [-0.2, -0.15) is 17.0 Å². The fourth-order valence-electron chi connectivity index (χ4n) is 5.12. The van der Waals surface area contributed by atoms with E-state index in [1.165, 1.54) is 12.8 Å². The number of hydrogen-bond acceptors (Lipinski definition) is 5. The standard InChI is InChI=1S/C19H34N4O4S/c20-18(24)19(15-16-1-2-16)5-9-21(10-6-19)17-3-7-22(8-4-17)28(25,26)23-11-13-27-14-12-23/h16-17H,1-15H2,(H2,20,24). The van der Waals surface area contributed by atoms with E-state index in [1.54, 1.807) is 8.61 Å². The second-order valence-electron chi connectivity index (χ2n) is 8.98. The lowest BCUT2D eigenvalue weighted by Gasteiger charge is -2.45. The number of nitrogens with two attached hydrogens (primary N) is 1. The lowest BCUT2D eigenvalue weighted by Crippen LogP contribution is -2.55. The van der Waals surface area contributed by atoms with Crippen LogP contribution < -0.4 is 5.73 Å². The predicted octanol–water partition coefficient (Wildman–Crippen LogP) is 0.395. The lowest BCUT2D eigenvalue weighted by atomic mass is 9.73. The second kappa shape index (κ2) is 8.18. The van der Waals surface area contributed by atoms with E-state index < -0.39 is 10.2 Å². The van der Waals surface area contributed by atoms with Crippen molar-refractivity contribution in [3.05, 3.63) is 0 Å². The number of hydrogen-bond donors (Lipinski definition) is 1. The van der Waals surface area contributed by atoms with Crippen molar-refractivity contribution in [2.24, 2.45) is 17.1 Å². The van der Waals surface area contributed by atoms with Crippen LogP contribution in [0.2, 0.25) is 0 Å². The maximum Gasteiger partial charge on any atom is 0.282 e. The van der Waals surface area contributed by atoms with E-state index in [4.69, 9.17) is 10.5 Å². The highest BCUT2D eigenvalue weighted by atomic mass is 32.2. The molecule has 3 heterocycles. The van der Waals surface area contributed by atoms with Gasteiger partial charge in [-0.25, -0.2) is 0 Å². The van der Waals surface area contributed by atoms with Gasteiger partial charge in [0.05, 0.1) is 18.6 Å². The Labute approximate surface area is 168 Å². The molecule has 8 nitrogen and oxygen atoms in total. The zero-order valence-electron chi connectivity index (χ0n) is 16.7. The summed E-state index contributed by atoms with van der Waals surface area (Å²) in [5, 5.41) is 0. The summed E-state index contributed by atoms with van der Waals surface area (Å²) in [5.74, 6) is 0.582. The van der Waals surface area contributed by atoms with Gasteiger partial charge in [0, 0.05) is 32.2 Å². The Balaban J connectivity index is 1.29. The fourth-order valence-corrected chi connectivity index (χ4v) is 6.73. The van der Waals surface area contributed by atoms with Crippen LogP contribution in [0, 0.1) is 11.3 Å². The van der Waals surface area contributed by atoms with E-state index in [0.29, 0.717) is 51.4 Å². The first-order valence-corrected chi connectivity index (χ1v) is 12.2. The van der Waals surface area contributed by atoms with E-state index in [2.05, 4.69) is 4.90 Å². The van der Waals surface area contributed by atoms with Gasteiger partial charge in [-0.15, -0.1) is 0 Å². The van der Waals surface area contributed by atoms with Crippen molar-refractivity contribution in [3.8, 4) is 0 Å². The molecule has 160 valence electrons. The minimum Gasteiger partial charge on any atom is -0.379 e. The van der Waals surface area contributed by atoms with Gasteiger partial charge in [0.25, 0.3) is 10.2 Å². The van der Waals surface area contributed by atoms with Crippen molar-refractivity contribution in [1.29, 1.82) is 0 Å². The third-order valence-corrected chi connectivity index (χ3v) is 9.25. The molecule has 2 N–H and O–H groups in total. The number of morpholine rings is 1. The van der Waals surface area contributed by atoms with Crippen molar-refractivity contribution in [3.63, 3.8) is 0 Å². The molecule has 0 spiro atoms. The highest BCUT2D eigenvalue weighted by Crippen LogP contribution is 2.46. The minimum atomic E-state index is -3.37. The Bertz CT molecular complexity index is 659. The van der Waals surface area contributed by atoms with Crippen LogP contribution in [-0.2, 0) is 19.7 Å². The van der Waals surface area contributed by atoms with Crippen LogP contribution in [0.15, 0.2) is 0 Å². The first-order valence-electron chi connectivity index (χ1n) is 10.8. The Hall–Kier alpha value is -0.740. The average Bonchev–Trinajstić information content (AvgIpc) is 3.53. The maximum atomic E-state index is 12.8. The summed E-state index contributed by atoms with van der Waals surface area (Å²) in [6, 6.07) is 0.406. The highest BCUT2D eigenvalue weighted by molar-refractivity contribution is 7.86. The predicted molar refractivity (Wildman–Crippen MR) is 106 cm³/mol. The number of piperidine rings is 2. The Morgan fingerprint density at radius 1 is 0.929 bits per heavy atom. The molecule has 0 aromatic heterocycles. The number of primary amides is 1. The molecular weight excluding hydrogens is 380 g/mol. The average molecular weight is 415 g/mol. The molecular formula is C19H34N4O4S. The van der Waals surface area contributed by atoms with Crippen molar-refractivity contribution in [1.82, 2.24) is 13.5 Å². The van der Waals surface area contributed by atoms with E-state index >= 15 is 0 Å². The molecule has 1 amide bonds.